The van der Waals surface area contributed by atoms with Crippen LogP contribution < -0.4 is 10.5 Å². The van der Waals surface area contributed by atoms with Crippen molar-refractivity contribution in [3.05, 3.63) is 28.8 Å². The topological polar surface area (TPSA) is 35.2 Å². The van der Waals surface area contributed by atoms with Gasteiger partial charge in [0.15, 0.2) is 0 Å². The maximum Gasteiger partial charge on any atom is 0.122 e. The van der Waals surface area contributed by atoms with Crippen LogP contribution in [0.1, 0.15) is 43.5 Å². The number of ether oxygens (including phenoxy) is 1. The molecule has 1 atom stereocenters. The van der Waals surface area contributed by atoms with E-state index in [-0.39, 0.29) is 6.04 Å². The highest BCUT2D eigenvalue weighted by molar-refractivity contribution is 5.44. The largest absolute Gasteiger partial charge is 0.493 e. The molecule has 0 aliphatic rings. The molecule has 0 aromatic heterocycles. The fraction of sp³-hybridized carbons (Fsp3) is 0.571. The summed E-state index contributed by atoms with van der Waals surface area (Å²) in [7, 11) is 0. The van der Waals surface area contributed by atoms with Crippen molar-refractivity contribution in [1.82, 2.24) is 0 Å². The van der Waals surface area contributed by atoms with Gasteiger partial charge < -0.3 is 10.5 Å². The molecule has 0 heterocycles. The molecule has 2 nitrogen and oxygen atoms in total. The van der Waals surface area contributed by atoms with Gasteiger partial charge in [0.25, 0.3) is 0 Å². The van der Waals surface area contributed by atoms with Crippen molar-refractivity contribution in [3.63, 3.8) is 0 Å². The SMILES string of the molecule is Cc1c(OCC(C)C)ccc(C(C)N)c1C. The van der Waals surface area contributed by atoms with E-state index in [4.69, 9.17) is 10.5 Å². The lowest BCUT2D eigenvalue weighted by atomic mass is 9.98. The predicted molar refractivity (Wildman–Crippen MR) is 68.9 cm³/mol. The molecule has 1 unspecified atom stereocenters. The number of benzene rings is 1. The first-order valence-corrected chi connectivity index (χ1v) is 5.92. The Balaban J connectivity index is 2.93. The minimum Gasteiger partial charge on any atom is -0.493 e. The Hall–Kier alpha value is -1.02. The van der Waals surface area contributed by atoms with Crippen LogP contribution in [0.3, 0.4) is 0 Å². The maximum absolute atomic E-state index is 5.91. The molecule has 1 aromatic carbocycles. The highest BCUT2D eigenvalue weighted by Gasteiger charge is 2.10. The second-order valence-electron chi connectivity index (χ2n) is 4.90. The van der Waals surface area contributed by atoms with Crippen LogP contribution in [0.15, 0.2) is 12.1 Å². The molecule has 1 aromatic rings. The van der Waals surface area contributed by atoms with Crippen molar-refractivity contribution in [1.29, 1.82) is 0 Å². The zero-order valence-electron chi connectivity index (χ0n) is 11.0. The summed E-state index contributed by atoms with van der Waals surface area (Å²) >= 11 is 0. The molecule has 0 bridgehead atoms. The molecular weight excluding hydrogens is 198 g/mol. The van der Waals surface area contributed by atoms with Crippen LogP contribution in [0, 0.1) is 19.8 Å². The first-order chi connectivity index (χ1) is 7.43. The van der Waals surface area contributed by atoms with Crippen molar-refractivity contribution < 1.29 is 4.74 Å². The Kier molecular flexibility index (Phi) is 4.36. The molecule has 0 saturated carbocycles. The summed E-state index contributed by atoms with van der Waals surface area (Å²) in [4.78, 5) is 0. The van der Waals surface area contributed by atoms with Crippen LogP contribution in [0.2, 0.25) is 0 Å². The third-order valence-electron chi connectivity index (χ3n) is 2.84. The van der Waals surface area contributed by atoms with E-state index in [2.05, 4.69) is 33.8 Å². The summed E-state index contributed by atoms with van der Waals surface area (Å²) in [5.74, 6) is 1.53. The Bertz CT molecular complexity index is 356. The van der Waals surface area contributed by atoms with E-state index in [0.29, 0.717) is 5.92 Å². The fourth-order valence-corrected chi connectivity index (χ4v) is 1.72. The smallest absolute Gasteiger partial charge is 0.122 e. The van der Waals surface area contributed by atoms with Gasteiger partial charge in [-0.15, -0.1) is 0 Å². The van der Waals surface area contributed by atoms with Gasteiger partial charge >= 0.3 is 0 Å². The molecule has 2 heteroatoms. The zero-order chi connectivity index (χ0) is 12.3. The average molecular weight is 221 g/mol. The Morgan fingerprint density at radius 2 is 1.75 bits per heavy atom. The molecule has 16 heavy (non-hydrogen) atoms. The molecule has 1 rings (SSSR count). The van der Waals surface area contributed by atoms with E-state index >= 15 is 0 Å². The van der Waals surface area contributed by atoms with Gasteiger partial charge in [0.05, 0.1) is 6.61 Å². The van der Waals surface area contributed by atoms with Crippen LogP contribution >= 0.6 is 0 Å². The molecule has 0 aliphatic heterocycles. The summed E-state index contributed by atoms with van der Waals surface area (Å²) < 4.78 is 5.77. The third-order valence-corrected chi connectivity index (χ3v) is 2.84. The van der Waals surface area contributed by atoms with Crippen LogP contribution in [0.4, 0.5) is 0 Å². The number of hydrogen-bond acceptors (Lipinski definition) is 2. The van der Waals surface area contributed by atoms with Gasteiger partial charge in [-0.25, -0.2) is 0 Å². The maximum atomic E-state index is 5.91. The Labute approximate surface area is 98.8 Å². The monoisotopic (exact) mass is 221 g/mol. The second kappa shape index (κ2) is 5.35. The van der Waals surface area contributed by atoms with Gasteiger partial charge in [0.1, 0.15) is 5.75 Å². The lowest BCUT2D eigenvalue weighted by Gasteiger charge is -2.17. The summed E-state index contributed by atoms with van der Waals surface area (Å²) in [5.41, 5.74) is 9.57. The van der Waals surface area contributed by atoms with E-state index in [1.807, 2.05) is 13.0 Å². The molecule has 0 saturated heterocycles. The van der Waals surface area contributed by atoms with Gasteiger partial charge in [0.2, 0.25) is 0 Å². The van der Waals surface area contributed by atoms with Crippen LogP contribution in [0.5, 0.6) is 5.75 Å². The Morgan fingerprint density at radius 1 is 1.12 bits per heavy atom. The second-order valence-corrected chi connectivity index (χ2v) is 4.90. The minimum absolute atomic E-state index is 0.0813. The molecular formula is C14H23NO. The summed E-state index contributed by atoms with van der Waals surface area (Å²) in [5, 5.41) is 0. The van der Waals surface area contributed by atoms with Crippen molar-refractivity contribution in [2.24, 2.45) is 11.7 Å². The summed E-state index contributed by atoms with van der Waals surface area (Å²) in [6.07, 6.45) is 0. The van der Waals surface area contributed by atoms with Gasteiger partial charge in [-0.3, -0.25) is 0 Å². The molecule has 90 valence electrons. The zero-order valence-corrected chi connectivity index (χ0v) is 11.0. The standard InChI is InChI=1S/C14H23NO/c1-9(2)8-16-14-7-6-13(12(5)15)10(3)11(14)4/h6-7,9,12H,8,15H2,1-5H3. The summed E-state index contributed by atoms with van der Waals surface area (Å²) in [6.45, 7) is 11.3. The van der Waals surface area contributed by atoms with Crippen LogP contribution in [-0.4, -0.2) is 6.61 Å². The number of rotatable bonds is 4. The first kappa shape index (κ1) is 13.0. The molecule has 0 fully saturated rings. The highest BCUT2D eigenvalue weighted by atomic mass is 16.5. The lowest BCUT2D eigenvalue weighted by molar-refractivity contribution is 0.269. The quantitative estimate of drug-likeness (QED) is 0.846. The van der Waals surface area contributed by atoms with Crippen LogP contribution in [0.25, 0.3) is 0 Å². The molecule has 0 amide bonds. The molecule has 0 radical (unpaired) electrons. The molecule has 0 spiro atoms. The van der Waals surface area contributed by atoms with Gasteiger partial charge in [-0.1, -0.05) is 19.9 Å². The lowest BCUT2D eigenvalue weighted by Crippen LogP contribution is -2.10. The average Bonchev–Trinajstić information content (AvgIpc) is 2.19. The van der Waals surface area contributed by atoms with E-state index in [9.17, 15) is 0 Å². The molecule has 0 aliphatic carbocycles. The minimum atomic E-state index is 0.0813. The van der Waals surface area contributed by atoms with Crippen molar-refractivity contribution in [2.75, 3.05) is 6.61 Å². The molecule has 2 N–H and O–H groups in total. The van der Waals surface area contributed by atoms with Crippen LogP contribution in [-0.2, 0) is 0 Å². The summed E-state index contributed by atoms with van der Waals surface area (Å²) in [6, 6.07) is 4.18. The first-order valence-electron chi connectivity index (χ1n) is 5.92. The van der Waals surface area contributed by atoms with E-state index in [1.54, 1.807) is 0 Å². The van der Waals surface area contributed by atoms with E-state index in [1.165, 1.54) is 16.7 Å². The number of nitrogens with two attached hydrogens (primary N) is 1. The van der Waals surface area contributed by atoms with Gasteiger partial charge in [-0.2, -0.15) is 0 Å². The number of hydrogen-bond donors (Lipinski definition) is 1. The fourth-order valence-electron chi connectivity index (χ4n) is 1.72. The van der Waals surface area contributed by atoms with Crippen molar-refractivity contribution >= 4 is 0 Å². The normalized spacial score (nSPS) is 12.9. The highest BCUT2D eigenvalue weighted by Crippen LogP contribution is 2.27. The Morgan fingerprint density at radius 3 is 2.25 bits per heavy atom. The predicted octanol–water partition coefficient (Wildman–Crippen LogP) is 3.36. The van der Waals surface area contributed by atoms with Crippen molar-refractivity contribution in [2.45, 2.75) is 40.7 Å². The third kappa shape index (κ3) is 2.99. The van der Waals surface area contributed by atoms with Gasteiger partial charge in [-0.05, 0) is 49.4 Å². The van der Waals surface area contributed by atoms with Crippen molar-refractivity contribution in [3.8, 4) is 5.75 Å². The van der Waals surface area contributed by atoms with E-state index < -0.39 is 0 Å². The van der Waals surface area contributed by atoms with E-state index in [0.717, 1.165) is 12.4 Å². The van der Waals surface area contributed by atoms with Gasteiger partial charge in [0, 0.05) is 6.04 Å².